The van der Waals surface area contributed by atoms with Crippen molar-refractivity contribution >= 4 is 62.0 Å². The van der Waals surface area contributed by atoms with Gasteiger partial charge in [0.15, 0.2) is 11.6 Å². The number of hydrogen-bond acceptors (Lipinski definition) is 6. The minimum atomic E-state index is -1.55. The lowest BCUT2D eigenvalue weighted by atomic mass is 10.1. The van der Waals surface area contributed by atoms with Gasteiger partial charge in [-0.25, -0.2) is 9.18 Å². The van der Waals surface area contributed by atoms with E-state index in [9.17, 15) is 9.18 Å². The van der Waals surface area contributed by atoms with Gasteiger partial charge in [-0.3, -0.25) is 0 Å². The van der Waals surface area contributed by atoms with Crippen molar-refractivity contribution in [1.29, 1.82) is 2.61 Å². The molecule has 0 saturated carbocycles. The maximum atomic E-state index is 14.7. The van der Waals surface area contributed by atoms with Gasteiger partial charge in [0, 0.05) is 28.7 Å². The van der Waals surface area contributed by atoms with Gasteiger partial charge >= 0.3 is 5.97 Å². The molecular weight excluding hydrogens is 548 g/mol. The monoisotopic (exact) mass is 574 g/mol. The van der Waals surface area contributed by atoms with Crippen LogP contribution in [0, 0.1) is 5.82 Å². The minimum Gasteiger partial charge on any atom is -0.488 e. The number of carbonyl (C=O) groups is 1. The largest absolute Gasteiger partial charge is 0.488 e. The van der Waals surface area contributed by atoms with E-state index >= 15 is 0 Å². The van der Waals surface area contributed by atoms with E-state index in [2.05, 4.69) is 0 Å². The van der Waals surface area contributed by atoms with Crippen molar-refractivity contribution in [1.82, 2.24) is 0 Å². The summed E-state index contributed by atoms with van der Waals surface area (Å²) in [5.41, 5.74) is 1.22. The summed E-state index contributed by atoms with van der Waals surface area (Å²) in [7, 11) is -0.548. The van der Waals surface area contributed by atoms with Crippen LogP contribution >= 0.6 is 42.5 Å². The van der Waals surface area contributed by atoms with Crippen molar-refractivity contribution in [3.8, 4) is 11.5 Å². The third-order valence-electron chi connectivity index (χ3n) is 5.19. The van der Waals surface area contributed by atoms with Gasteiger partial charge in [-0.05, 0) is 68.8 Å². The lowest BCUT2D eigenvalue weighted by Crippen LogP contribution is -2.24. The molecule has 0 spiro atoms. The Morgan fingerprint density at radius 1 is 1.39 bits per heavy atom. The van der Waals surface area contributed by atoms with Crippen molar-refractivity contribution in [2.75, 3.05) is 6.61 Å². The fourth-order valence-electron chi connectivity index (χ4n) is 3.39. The molecule has 1 heterocycles. The zero-order valence-corrected chi connectivity index (χ0v) is 22.5. The van der Waals surface area contributed by atoms with Crippen molar-refractivity contribution in [3.05, 3.63) is 75.0 Å². The molecule has 191 valence electrons. The maximum absolute atomic E-state index is 14.7. The number of hydrogen-bond donors (Lipinski definition) is 1. The second kappa shape index (κ2) is 13.7. The molecule has 0 aliphatic carbocycles. The fourth-order valence-corrected chi connectivity index (χ4v) is 4.68. The highest BCUT2D eigenvalue weighted by molar-refractivity contribution is 8.53. The summed E-state index contributed by atoms with van der Waals surface area (Å²) >= 11 is 12.9. The van der Waals surface area contributed by atoms with Gasteiger partial charge in [0.05, 0.1) is 6.30 Å². The van der Waals surface area contributed by atoms with Crippen LogP contribution in [0.1, 0.15) is 25.8 Å². The third kappa shape index (κ3) is 8.14. The summed E-state index contributed by atoms with van der Waals surface area (Å²) in [6, 6.07) is 9.04. The SMILES string of the molecule is [2H]P([B][3H])SO[C@H]1CC(Oc2ccc(/C=C(\C)C(=O)O)cc2F)O[C@@H]1/C(C)=C/COc1ccc(Cl)cc1Cl. The molecule has 3 rings (SSSR count). The number of ether oxygens (including phenoxy) is 3. The van der Waals surface area contributed by atoms with E-state index in [0.717, 1.165) is 24.8 Å². The third-order valence-corrected chi connectivity index (χ3v) is 6.66. The Morgan fingerprint density at radius 3 is 2.86 bits per heavy atom. The highest BCUT2D eigenvalue weighted by Gasteiger charge is 2.39. The predicted octanol–water partition coefficient (Wildman–Crippen LogP) is 6.58. The van der Waals surface area contributed by atoms with Gasteiger partial charge in [-0.2, -0.15) is 0 Å². The van der Waals surface area contributed by atoms with E-state index in [-0.39, 0.29) is 24.4 Å². The van der Waals surface area contributed by atoms with Crippen LogP contribution in [0.4, 0.5) is 4.39 Å². The predicted molar refractivity (Wildman–Crippen MR) is 145 cm³/mol. The standard InChI is InChI=1S/C24H24BCl2FO6PS/c1-13(7-8-31-19-6-4-16(26)11-17(19)27)23-21(34-36-35-25)12-22(33-23)32-20-5-3-15(10-18(20)28)9-14(2)24(29)30/h3-7,9-11,21-23,25,35H,8,12H2,1-2H3,(H,29,30)/b13-7+,14-9+/t21-,22?,23+,35?/m0/s1/i25T,35D. The van der Waals surface area contributed by atoms with E-state index in [0.29, 0.717) is 21.4 Å². The Hall–Kier alpha value is -1.74. The first-order chi connectivity index (χ1) is 18.1. The van der Waals surface area contributed by atoms with Crippen LogP contribution in [0.5, 0.6) is 11.5 Å². The van der Waals surface area contributed by atoms with Crippen molar-refractivity contribution < 1.29 is 32.7 Å². The average Bonchev–Trinajstić information content (AvgIpc) is 3.28. The number of rotatable bonds is 12. The van der Waals surface area contributed by atoms with Gasteiger partial charge in [0.1, 0.15) is 32.1 Å². The van der Waals surface area contributed by atoms with E-state index < -0.39 is 37.9 Å². The van der Waals surface area contributed by atoms with Crippen molar-refractivity contribution in [2.45, 2.75) is 38.8 Å². The van der Waals surface area contributed by atoms with E-state index in [4.69, 9.17) is 49.3 Å². The van der Waals surface area contributed by atoms with E-state index in [1.807, 2.05) is 6.92 Å². The van der Waals surface area contributed by atoms with Crippen LogP contribution in [0.25, 0.3) is 6.08 Å². The Kier molecular flexibility index (Phi) is 9.86. The van der Waals surface area contributed by atoms with Gasteiger partial charge in [-0.15, -0.1) is 0 Å². The molecular formula is C24H24BCl2FO6PS. The lowest BCUT2D eigenvalue weighted by Gasteiger charge is -2.19. The van der Waals surface area contributed by atoms with Crippen molar-refractivity contribution in [3.63, 3.8) is 0 Å². The summed E-state index contributed by atoms with van der Waals surface area (Å²) < 4.78 is 53.1. The first kappa shape index (κ1) is 25.9. The fraction of sp³-hybridized carbons (Fsp3) is 0.292. The summed E-state index contributed by atoms with van der Waals surface area (Å²) in [6.07, 6.45) is 1.44. The first-order valence-corrected chi connectivity index (χ1v) is 13.7. The zero-order chi connectivity index (χ0) is 27.8. The molecule has 1 N–H and O–H groups in total. The highest BCUT2D eigenvalue weighted by atomic mass is 35.5. The molecule has 0 bridgehead atoms. The van der Waals surface area contributed by atoms with E-state index in [1.54, 1.807) is 30.3 Å². The van der Waals surface area contributed by atoms with Crippen LogP contribution in [0.2, 0.25) is 10.0 Å². The average molecular weight is 575 g/mol. The molecule has 0 aromatic heterocycles. The topological polar surface area (TPSA) is 74.2 Å². The molecule has 6 nitrogen and oxygen atoms in total. The summed E-state index contributed by atoms with van der Waals surface area (Å²) in [4.78, 5) is 11.0. The quantitative estimate of drug-likeness (QED) is 0.101. The molecule has 1 aliphatic rings. The van der Waals surface area contributed by atoms with Crippen LogP contribution in [0.15, 0.2) is 53.6 Å². The Labute approximate surface area is 228 Å². The number of aliphatic carboxylic acids is 1. The van der Waals surface area contributed by atoms with Gasteiger partial charge in [-0.1, -0.05) is 36.9 Å². The highest BCUT2D eigenvalue weighted by Crippen LogP contribution is 2.37. The number of benzene rings is 2. The molecule has 1 saturated heterocycles. The Bertz CT molecular complexity index is 1210. The number of halogens is 3. The van der Waals surface area contributed by atoms with Crippen LogP contribution in [-0.4, -0.2) is 46.3 Å². The van der Waals surface area contributed by atoms with Gasteiger partial charge in [0.25, 0.3) is 0 Å². The van der Waals surface area contributed by atoms with Crippen LogP contribution < -0.4 is 9.47 Å². The molecule has 1 radical (unpaired) electrons. The molecule has 1 aliphatic heterocycles. The van der Waals surface area contributed by atoms with Gasteiger partial charge < -0.3 is 23.5 Å². The molecule has 2 unspecified atom stereocenters. The Balaban J connectivity index is 1.70. The summed E-state index contributed by atoms with van der Waals surface area (Å²) in [5, 5.41) is 9.89. The number of carboxylic acid groups (broad SMARTS) is 1. The number of carboxylic acids is 1. The normalized spacial score (nSPS) is 22.0. The summed E-state index contributed by atoms with van der Waals surface area (Å²) in [5.74, 6) is -1.36. The molecule has 2 aromatic rings. The molecule has 36 heavy (non-hydrogen) atoms. The van der Waals surface area contributed by atoms with Crippen molar-refractivity contribution in [2.24, 2.45) is 0 Å². The second-order valence-corrected chi connectivity index (χ2v) is 10.3. The molecule has 0 amide bonds. The second-order valence-electron chi connectivity index (χ2n) is 7.81. The first-order valence-electron chi connectivity index (χ1n) is 11.7. The molecule has 4 atom stereocenters. The van der Waals surface area contributed by atoms with Crippen LogP contribution in [-0.2, 0) is 13.7 Å². The van der Waals surface area contributed by atoms with Gasteiger partial charge in [0.2, 0.25) is 6.29 Å². The molecule has 1 fully saturated rings. The van der Waals surface area contributed by atoms with Crippen LogP contribution in [0.3, 0.4) is 0 Å². The lowest BCUT2D eigenvalue weighted by molar-refractivity contribution is -0.132. The summed E-state index contributed by atoms with van der Waals surface area (Å²) in [6.45, 7) is 3.43. The molecule has 12 heteroatoms. The maximum Gasteiger partial charge on any atom is 0.331 e. The molecule has 2 aromatic carbocycles. The minimum absolute atomic E-state index is 0.0586. The Morgan fingerprint density at radius 2 is 2.17 bits per heavy atom. The smallest absolute Gasteiger partial charge is 0.331 e. The zero-order valence-electron chi connectivity index (χ0n) is 21.3. The van der Waals surface area contributed by atoms with E-state index in [1.165, 1.54) is 25.1 Å².